The minimum absolute atomic E-state index is 0.141. The zero-order chi connectivity index (χ0) is 16.7. The van der Waals surface area contributed by atoms with Gasteiger partial charge >= 0.3 is 5.69 Å². The zero-order valence-corrected chi connectivity index (χ0v) is 13.5. The van der Waals surface area contributed by atoms with E-state index < -0.39 is 4.92 Å². The minimum atomic E-state index is -0.474. The predicted molar refractivity (Wildman–Crippen MR) is 90.9 cm³/mol. The fourth-order valence-corrected chi connectivity index (χ4v) is 2.11. The van der Waals surface area contributed by atoms with Gasteiger partial charge in [-0.05, 0) is 24.1 Å². The summed E-state index contributed by atoms with van der Waals surface area (Å²) < 4.78 is 0. The Morgan fingerprint density at radius 3 is 2.43 bits per heavy atom. The lowest BCUT2D eigenvalue weighted by Crippen LogP contribution is -2.10. The third kappa shape index (κ3) is 4.79. The van der Waals surface area contributed by atoms with Crippen molar-refractivity contribution in [1.82, 2.24) is 9.97 Å². The fourth-order valence-electron chi connectivity index (χ4n) is 1.98. The molecule has 0 atom stereocenters. The monoisotopic (exact) mass is 335 g/mol. The van der Waals surface area contributed by atoms with Gasteiger partial charge in [-0.15, -0.1) is 0 Å². The first-order chi connectivity index (χ1) is 11.1. The Labute approximate surface area is 139 Å². The van der Waals surface area contributed by atoms with E-state index in [0.29, 0.717) is 18.1 Å². The van der Waals surface area contributed by atoms with E-state index in [1.165, 1.54) is 6.33 Å². The molecule has 0 unspecified atom stereocenters. The maximum absolute atomic E-state index is 11.4. The van der Waals surface area contributed by atoms with Gasteiger partial charge in [0.2, 0.25) is 11.6 Å². The highest BCUT2D eigenvalue weighted by Gasteiger charge is 2.22. The fraction of sp³-hybridized carbons (Fsp3) is 0.333. The SMILES string of the molecule is CCCCNc1ncnc(NCc2ccc(Cl)cc2)c1[N+](=O)[O-]. The molecule has 0 aliphatic rings. The zero-order valence-electron chi connectivity index (χ0n) is 12.8. The summed E-state index contributed by atoms with van der Waals surface area (Å²) in [6.07, 6.45) is 3.22. The molecule has 2 aromatic rings. The van der Waals surface area contributed by atoms with Gasteiger partial charge in [0.15, 0.2) is 0 Å². The molecule has 2 N–H and O–H groups in total. The van der Waals surface area contributed by atoms with E-state index >= 15 is 0 Å². The summed E-state index contributed by atoms with van der Waals surface area (Å²) in [5.41, 5.74) is 0.806. The van der Waals surface area contributed by atoms with E-state index in [4.69, 9.17) is 11.6 Å². The maximum Gasteiger partial charge on any atom is 0.353 e. The van der Waals surface area contributed by atoms with Gasteiger partial charge in [0.25, 0.3) is 0 Å². The van der Waals surface area contributed by atoms with Crippen molar-refractivity contribution in [3.63, 3.8) is 0 Å². The summed E-state index contributed by atoms with van der Waals surface area (Å²) in [6, 6.07) is 7.24. The van der Waals surface area contributed by atoms with Crippen LogP contribution in [0.15, 0.2) is 30.6 Å². The molecule has 8 heteroatoms. The molecule has 7 nitrogen and oxygen atoms in total. The number of rotatable bonds is 8. The first-order valence-electron chi connectivity index (χ1n) is 7.33. The molecule has 0 spiro atoms. The Kier molecular flexibility index (Phi) is 6.10. The van der Waals surface area contributed by atoms with Crippen LogP contribution >= 0.6 is 11.6 Å². The number of unbranched alkanes of at least 4 members (excludes halogenated alkanes) is 1. The highest BCUT2D eigenvalue weighted by atomic mass is 35.5. The molecule has 0 radical (unpaired) electrons. The smallest absolute Gasteiger partial charge is 0.353 e. The highest BCUT2D eigenvalue weighted by Crippen LogP contribution is 2.29. The number of hydrogen-bond donors (Lipinski definition) is 2. The number of nitrogens with zero attached hydrogens (tertiary/aromatic N) is 3. The average molecular weight is 336 g/mol. The van der Waals surface area contributed by atoms with Gasteiger partial charge in [0.05, 0.1) is 4.92 Å². The summed E-state index contributed by atoms with van der Waals surface area (Å²) in [7, 11) is 0. The lowest BCUT2D eigenvalue weighted by molar-refractivity contribution is -0.383. The number of hydrogen-bond acceptors (Lipinski definition) is 6. The van der Waals surface area contributed by atoms with Crippen LogP contribution in [0.1, 0.15) is 25.3 Å². The van der Waals surface area contributed by atoms with Crippen LogP contribution in [-0.2, 0) is 6.54 Å². The molecule has 1 heterocycles. The Morgan fingerprint density at radius 1 is 1.17 bits per heavy atom. The van der Waals surface area contributed by atoms with Crippen molar-refractivity contribution in [2.45, 2.75) is 26.3 Å². The van der Waals surface area contributed by atoms with Crippen molar-refractivity contribution in [3.05, 3.63) is 51.3 Å². The van der Waals surface area contributed by atoms with Gasteiger partial charge in [-0.1, -0.05) is 37.1 Å². The first-order valence-corrected chi connectivity index (χ1v) is 7.71. The van der Waals surface area contributed by atoms with Crippen molar-refractivity contribution in [1.29, 1.82) is 0 Å². The number of benzene rings is 1. The average Bonchev–Trinajstić information content (AvgIpc) is 2.54. The number of halogens is 1. The summed E-state index contributed by atoms with van der Waals surface area (Å²) in [5.74, 6) is 0.427. The second-order valence-corrected chi connectivity index (χ2v) is 5.37. The number of aromatic nitrogens is 2. The quantitative estimate of drug-likeness (QED) is 0.432. The molecule has 0 aliphatic heterocycles. The van der Waals surface area contributed by atoms with Crippen molar-refractivity contribution in [2.24, 2.45) is 0 Å². The second kappa shape index (κ2) is 8.28. The highest BCUT2D eigenvalue weighted by molar-refractivity contribution is 6.30. The molecule has 0 saturated heterocycles. The molecule has 122 valence electrons. The third-order valence-electron chi connectivity index (χ3n) is 3.20. The number of nitro groups is 1. The summed E-state index contributed by atoms with van der Waals surface area (Å²) in [5, 5.41) is 18.0. The topological polar surface area (TPSA) is 93.0 Å². The molecule has 0 saturated carbocycles. The summed E-state index contributed by atoms with van der Waals surface area (Å²) in [6.45, 7) is 3.09. The van der Waals surface area contributed by atoms with Gasteiger partial charge in [-0.3, -0.25) is 10.1 Å². The Balaban J connectivity index is 2.15. The van der Waals surface area contributed by atoms with Gasteiger partial charge in [0, 0.05) is 18.1 Å². The first kappa shape index (κ1) is 17.0. The van der Waals surface area contributed by atoms with E-state index in [9.17, 15) is 10.1 Å². The predicted octanol–water partition coefficient (Wildman–Crippen LogP) is 3.86. The van der Waals surface area contributed by atoms with E-state index in [2.05, 4.69) is 27.5 Å². The molecule has 23 heavy (non-hydrogen) atoms. The Morgan fingerprint density at radius 2 is 1.83 bits per heavy atom. The second-order valence-electron chi connectivity index (χ2n) is 4.94. The molecule has 0 bridgehead atoms. The van der Waals surface area contributed by atoms with Crippen LogP contribution < -0.4 is 10.6 Å². The standard InChI is InChI=1S/C15H18ClN5O2/c1-2-3-8-17-14-13(21(22)23)15(20-10-19-14)18-9-11-4-6-12(16)7-5-11/h4-7,10H,2-3,8-9H2,1H3,(H2,17,18,19,20). The molecule has 0 amide bonds. The molecule has 0 aliphatic carbocycles. The summed E-state index contributed by atoms with van der Waals surface area (Å²) in [4.78, 5) is 18.9. The molecular weight excluding hydrogens is 318 g/mol. The van der Waals surface area contributed by atoms with Crippen LogP contribution in [-0.4, -0.2) is 21.4 Å². The maximum atomic E-state index is 11.4. The molecule has 1 aromatic carbocycles. The third-order valence-corrected chi connectivity index (χ3v) is 3.45. The summed E-state index contributed by atoms with van der Waals surface area (Å²) >= 11 is 5.84. The van der Waals surface area contributed by atoms with Crippen LogP contribution in [0, 0.1) is 10.1 Å². The molecule has 1 aromatic heterocycles. The normalized spacial score (nSPS) is 10.3. The van der Waals surface area contributed by atoms with E-state index in [1.807, 2.05) is 12.1 Å². The van der Waals surface area contributed by atoms with Crippen molar-refractivity contribution in [2.75, 3.05) is 17.2 Å². The van der Waals surface area contributed by atoms with Crippen molar-refractivity contribution >= 4 is 28.9 Å². The van der Waals surface area contributed by atoms with Crippen LogP contribution in [0.4, 0.5) is 17.3 Å². The van der Waals surface area contributed by atoms with Gasteiger partial charge in [0.1, 0.15) is 6.33 Å². The van der Waals surface area contributed by atoms with Crippen LogP contribution in [0.5, 0.6) is 0 Å². The largest absolute Gasteiger partial charge is 0.364 e. The molecule has 0 fully saturated rings. The number of nitrogens with one attached hydrogen (secondary N) is 2. The van der Waals surface area contributed by atoms with Gasteiger partial charge < -0.3 is 10.6 Å². The Hall–Kier alpha value is -2.41. The lowest BCUT2D eigenvalue weighted by Gasteiger charge is -2.10. The van der Waals surface area contributed by atoms with E-state index in [-0.39, 0.29) is 17.3 Å². The van der Waals surface area contributed by atoms with E-state index in [0.717, 1.165) is 18.4 Å². The Bertz CT molecular complexity index is 663. The van der Waals surface area contributed by atoms with Crippen molar-refractivity contribution < 1.29 is 4.92 Å². The van der Waals surface area contributed by atoms with Gasteiger partial charge in [-0.25, -0.2) is 9.97 Å². The molecular formula is C15H18ClN5O2. The minimum Gasteiger partial charge on any atom is -0.364 e. The van der Waals surface area contributed by atoms with Crippen LogP contribution in [0.3, 0.4) is 0 Å². The van der Waals surface area contributed by atoms with Gasteiger partial charge in [-0.2, -0.15) is 0 Å². The molecule has 2 rings (SSSR count). The van der Waals surface area contributed by atoms with Crippen LogP contribution in [0.25, 0.3) is 0 Å². The van der Waals surface area contributed by atoms with E-state index in [1.54, 1.807) is 12.1 Å². The van der Waals surface area contributed by atoms with Crippen molar-refractivity contribution in [3.8, 4) is 0 Å². The number of anilines is 2. The van der Waals surface area contributed by atoms with Crippen LogP contribution in [0.2, 0.25) is 5.02 Å². The lowest BCUT2D eigenvalue weighted by atomic mass is 10.2.